The van der Waals surface area contributed by atoms with Crippen molar-refractivity contribution >= 4 is 21.6 Å². The molecule has 6 heteroatoms. The smallest absolute Gasteiger partial charge is 0.301 e. The van der Waals surface area contributed by atoms with E-state index >= 15 is 0 Å². The average molecular weight is 297 g/mol. The Morgan fingerprint density at radius 1 is 1.25 bits per heavy atom. The summed E-state index contributed by atoms with van der Waals surface area (Å²) in [6, 6.07) is 5.21. The van der Waals surface area contributed by atoms with Gasteiger partial charge in [0.1, 0.15) is 0 Å². The Morgan fingerprint density at radius 3 is 2.40 bits per heavy atom. The maximum Gasteiger partial charge on any atom is 0.301 e. The quantitative estimate of drug-likeness (QED) is 0.840. The molecule has 2 atom stereocenters. The molecule has 0 spiro atoms. The first-order chi connectivity index (χ1) is 9.28. The second-order valence-electron chi connectivity index (χ2n) is 5.94. The predicted molar refractivity (Wildman–Crippen MR) is 82.7 cm³/mol. The van der Waals surface area contributed by atoms with Gasteiger partial charge in [0.25, 0.3) is 0 Å². The van der Waals surface area contributed by atoms with Gasteiger partial charge in [-0.05, 0) is 42.9 Å². The number of nitrogens with two attached hydrogens (primary N) is 1. The molecule has 1 aliphatic heterocycles. The number of nitrogens with zero attached hydrogens (tertiary/aromatic N) is 1. The Morgan fingerprint density at radius 2 is 1.85 bits per heavy atom. The van der Waals surface area contributed by atoms with Gasteiger partial charge in [-0.1, -0.05) is 19.9 Å². The summed E-state index contributed by atoms with van der Waals surface area (Å²) in [6.45, 7) is 7.20. The van der Waals surface area contributed by atoms with Crippen LogP contribution in [0.4, 0.5) is 11.4 Å². The monoisotopic (exact) mass is 297 g/mol. The first-order valence-corrected chi connectivity index (χ1v) is 8.36. The lowest BCUT2D eigenvalue weighted by molar-refractivity contribution is 0.223. The molecule has 0 amide bonds. The third kappa shape index (κ3) is 3.43. The van der Waals surface area contributed by atoms with Crippen LogP contribution in [0.3, 0.4) is 0 Å². The van der Waals surface area contributed by atoms with Crippen LogP contribution in [0.15, 0.2) is 18.2 Å². The molecular formula is C14H23N3O2S. The lowest BCUT2D eigenvalue weighted by Crippen LogP contribution is -2.45. The Labute approximate surface area is 121 Å². The summed E-state index contributed by atoms with van der Waals surface area (Å²) in [5.41, 5.74) is 7.85. The molecule has 5 nitrogen and oxygen atoms in total. The summed E-state index contributed by atoms with van der Waals surface area (Å²) in [7, 11) is -3.50. The van der Waals surface area contributed by atoms with Crippen molar-refractivity contribution in [2.45, 2.75) is 27.2 Å². The summed E-state index contributed by atoms with van der Waals surface area (Å²) in [6.07, 6.45) is 1.07. The Kier molecular flexibility index (Phi) is 4.25. The van der Waals surface area contributed by atoms with Crippen LogP contribution >= 0.6 is 0 Å². The SMILES string of the molecule is Cc1ccc(NS(=O)(=O)N2CC(C)CC(C)C2)cc1N. The van der Waals surface area contributed by atoms with Crippen LogP contribution in [0.25, 0.3) is 0 Å². The van der Waals surface area contributed by atoms with Crippen LogP contribution in [0.1, 0.15) is 25.8 Å². The van der Waals surface area contributed by atoms with Crippen LogP contribution in [-0.4, -0.2) is 25.8 Å². The lowest BCUT2D eigenvalue weighted by Gasteiger charge is -2.34. The number of hydrogen-bond acceptors (Lipinski definition) is 3. The first-order valence-electron chi connectivity index (χ1n) is 6.92. The zero-order valence-corrected chi connectivity index (χ0v) is 13.1. The number of benzene rings is 1. The molecule has 20 heavy (non-hydrogen) atoms. The summed E-state index contributed by atoms with van der Waals surface area (Å²) in [5, 5.41) is 0. The second kappa shape index (κ2) is 5.61. The fraction of sp³-hybridized carbons (Fsp3) is 0.571. The molecular weight excluding hydrogens is 274 g/mol. The zero-order chi connectivity index (χ0) is 14.9. The average Bonchev–Trinajstić information content (AvgIpc) is 2.32. The van der Waals surface area contributed by atoms with E-state index in [1.165, 1.54) is 4.31 Å². The van der Waals surface area contributed by atoms with Gasteiger partial charge in [0.2, 0.25) is 0 Å². The van der Waals surface area contributed by atoms with Crippen molar-refractivity contribution in [3.8, 4) is 0 Å². The number of rotatable bonds is 3. The minimum Gasteiger partial charge on any atom is -0.398 e. The molecule has 3 N–H and O–H groups in total. The van der Waals surface area contributed by atoms with E-state index in [2.05, 4.69) is 18.6 Å². The third-order valence-electron chi connectivity index (χ3n) is 3.70. The van der Waals surface area contributed by atoms with Crippen molar-refractivity contribution in [2.75, 3.05) is 23.5 Å². The molecule has 1 saturated heterocycles. The van der Waals surface area contributed by atoms with Crippen molar-refractivity contribution in [2.24, 2.45) is 11.8 Å². The van der Waals surface area contributed by atoms with E-state index in [1.807, 2.05) is 13.0 Å². The maximum atomic E-state index is 12.4. The van der Waals surface area contributed by atoms with E-state index in [9.17, 15) is 8.42 Å². The highest BCUT2D eigenvalue weighted by Crippen LogP contribution is 2.25. The van der Waals surface area contributed by atoms with Gasteiger partial charge in [0, 0.05) is 18.8 Å². The highest BCUT2D eigenvalue weighted by atomic mass is 32.2. The van der Waals surface area contributed by atoms with Gasteiger partial charge in [-0.2, -0.15) is 12.7 Å². The topological polar surface area (TPSA) is 75.4 Å². The van der Waals surface area contributed by atoms with E-state index < -0.39 is 10.2 Å². The normalized spacial score (nSPS) is 24.6. The fourth-order valence-electron chi connectivity index (χ4n) is 2.72. The Bertz CT molecular complexity index is 576. The van der Waals surface area contributed by atoms with Crippen molar-refractivity contribution in [1.82, 2.24) is 4.31 Å². The van der Waals surface area contributed by atoms with Crippen molar-refractivity contribution < 1.29 is 8.42 Å². The number of hydrogen-bond donors (Lipinski definition) is 2. The van der Waals surface area contributed by atoms with E-state index in [0.717, 1.165) is 12.0 Å². The first kappa shape index (κ1) is 15.1. The van der Waals surface area contributed by atoms with Gasteiger partial charge in [0.15, 0.2) is 0 Å². The van der Waals surface area contributed by atoms with E-state index in [0.29, 0.717) is 36.3 Å². The number of nitrogen functional groups attached to an aromatic ring is 1. The van der Waals surface area contributed by atoms with E-state index in [1.54, 1.807) is 12.1 Å². The van der Waals surface area contributed by atoms with Gasteiger partial charge >= 0.3 is 10.2 Å². The van der Waals surface area contributed by atoms with Crippen LogP contribution in [0.5, 0.6) is 0 Å². The molecule has 0 aromatic heterocycles. The molecule has 0 radical (unpaired) electrons. The third-order valence-corrected chi connectivity index (χ3v) is 5.17. The fourth-order valence-corrected chi connectivity index (χ4v) is 4.17. The summed E-state index contributed by atoms with van der Waals surface area (Å²) < 4.78 is 29.0. The molecule has 112 valence electrons. The number of nitrogens with one attached hydrogen (secondary N) is 1. The molecule has 1 aromatic rings. The van der Waals surface area contributed by atoms with Gasteiger partial charge in [-0.3, -0.25) is 4.72 Å². The largest absolute Gasteiger partial charge is 0.398 e. The lowest BCUT2D eigenvalue weighted by atomic mass is 9.94. The molecule has 1 heterocycles. The maximum absolute atomic E-state index is 12.4. The molecule has 2 rings (SSSR count). The molecule has 0 saturated carbocycles. The van der Waals surface area contributed by atoms with Crippen molar-refractivity contribution in [3.05, 3.63) is 23.8 Å². The number of anilines is 2. The molecule has 1 fully saturated rings. The number of piperidine rings is 1. The minimum absolute atomic E-state index is 0.387. The molecule has 1 aliphatic rings. The highest BCUT2D eigenvalue weighted by molar-refractivity contribution is 7.90. The van der Waals surface area contributed by atoms with Crippen LogP contribution in [-0.2, 0) is 10.2 Å². The predicted octanol–water partition coefficient (Wildman–Crippen LogP) is 2.21. The van der Waals surface area contributed by atoms with Gasteiger partial charge in [-0.15, -0.1) is 0 Å². The minimum atomic E-state index is -3.50. The molecule has 2 unspecified atom stereocenters. The highest BCUT2D eigenvalue weighted by Gasteiger charge is 2.30. The molecule has 1 aromatic carbocycles. The van der Waals surface area contributed by atoms with Crippen LogP contribution in [0, 0.1) is 18.8 Å². The summed E-state index contributed by atoms with van der Waals surface area (Å²) in [4.78, 5) is 0. The van der Waals surface area contributed by atoms with E-state index in [-0.39, 0.29) is 0 Å². The van der Waals surface area contributed by atoms with Crippen molar-refractivity contribution in [3.63, 3.8) is 0 Å². The van der Waals surface area contributed by atoms with Crippen LogP contribution in [0.2, 0.25) is 0 Å². The van der Waals surface area contributed by atoms with Gasteiger partial charge in [0.05, 0.1) is 5.69 Å². The Balaban J connectivity index is 2.16. The standard InChI is InChI=1S/C14H23N3O2S/c1-10-6-11(2)9-17(8-10)20(18,19)16-13-5-4-12(3)14(15)7-13/h4-5,7,10-11,16H,6,8-9,15H2,1-3H3. The van der Waals surface area contributed by atoms with E-state index in [4.69, 9.17) is 5.73 Å². The van der Waals surface area contributed by atoms with Gasteiger partial charge in [-0.25, -0.2) is 0 Å². The van der Waals surface area contributed by atoms with Gasteiger partial charge < -0.3 is 5.73 Å². The summed E-state index contributed by atoms with van der Waals surface area (Å²) >= 11 is 0. The number of aryl methyl sites for hydroxylation is 1. The summed E-state index contributed by atoms with van der Waals surface area (Å²) in [5.74, 6) is 0.775. The second-order valence-corrected chi connectivity index (χ2v) is 7.61. The zero-order valence-electron chi connectivity index (χ0n) is 12.3. The van der Waals surface area contributed by atoms with Crippen LogP contribution < -0.4 is 10.5 Å². The molecule has 0 aliphatic carbocycles. The molecule has 0 bridgehead atoms. The van der Waals surface area contributed by atoms with Crippen molar-refractivity contribution in [1.29, 1.82) is 0 Å². The Hall–Kier alpha value is -1.27.